The Bertz CT molecular complexity index is 928. The van der Waals surface area contributed by atoms with Gasteiger partial charge in [-0.25, -0.2) is 4.79 Å². The molecule has 2 N–H and O–H groups in total. The van der Waals surface area contributed by atoms with Crippen molar-refractivity contribution in [2.24, 2.45) is 14.1 Å². The minimum Gasteiger partial charge on any atom is -0.395 e. The fraction of sp³-hybridized carbons (Fsp3) is 0.688. The average molecular weight is 401 g/mol. The van der Waals surface area contributed by atoms with Crippen molar-refractivity contribution in [3.05, 3.63) is 20.8 Å². The van der Waals surface area contributed by atoms with Gasteiger partial charge in [-0.15, -0.1) is 11.6 Å². The summed E-state index contributed by atoms with van der Waals surface area (Å²) in [4.78, 5) is 33.7. The van der Waals surface area contributed by atoms with Gasteiger partial charge in [0.05, 0.1) is 25.1 Å². The smallest absolute Gasteiger partial charge is 0.332 e. The molecule has 150 valence electrons. The summed E-state index contributed by atoms with van der Waals surface area (Å²) in [7, 11) is 3.00. The Balaban J connectivity index is 2.10. The zero-order valence-corrected chi connectivity index (χ0v) is 16.3. The number of aliphatic hydroxyl groups is 2. The maximum absolute atomic E-state index is 12.7. The van der Waals surface area contributed by atoms with Crippen molar-refractivity contribution in [2.75, 3.05) is 50.1 Å². The van der Waals surface area contributed by atoms with Gasteiger partial charge in [-0.3, -0.25) is 18.8 Å². The number of alkyl halides is 1. The molecule has 3 heterocycles. The second-order valence-electron chi connectivity index (χ2n) is 6.76. The summed E-state index contributed by atoms with van der Waals surface area (Å²) in [5.74, 6) is 0.561. The van der Waals surface area contributed by atoms with Gasteiger partial charge in [0.1, 0.15) is 0 Å². The summed E-state index contributed by atoms with van der Waals surface area (Å²) >= 11 is 5.77. The highest BCUT2D eigenvalue weighted by Crippen LogP contribution is 2.21. The van der Waals surface area contributed by atoms with Gasteiger partial charge in [0.15, 0.2) is 11.2 Å². The number of aliphatic hydroxyl groups excluding tert-OH is 2. The lowest BCUT2D eigenvalue weighted by Gasteiger charge is -2.35. The predicted molar refractivity (Wildman–Crippen MR) is 103 cm³/mol. The van der Waals surface area contributed by atoms with E-state index in [9.17, 15) is 14.7 Å². The van der Waals surface area contributed by atoms with Gasteiger partial charge >= 0.3 is 5.69 Å². The summed E-state index contributed by atoms with van der Waals surface area (Å²) in [6.07, 6.45) is -0.847. The molecule has 0 bridgehead atoms. The molecule has 0 amide bonds. The van der Waals surface area contributed by atoms with Crippen LogP contribution in [0.2, 0.25) is 0 Å². The van der Waals surface area contributed by atoms with Crippen LogP contribution in [-0.2, 0) is 20.6 Å². The number of aryl methyl sites for hydroxylation is 1. The Labute approximate surface area is 160 Å². The van der Waals surface area contributed by atoms with Crippen LogP contribution in [-0.4, -0.2) is 85.1 Å². The molecule has 1 fully saturated rings. The third kappa shape index (κ3) is 3.62. The number of fused-ring (bicyclic) bond motifs is 1. The van der Waals surface area contributed by atoms with Crippen LogP contribution in [0.1, 0.15) is 0 Å². The molecule has 1 unspecified atom stereocenters. The highest BCUT2D eigenvalue weighted by Gasteiger charge is 2.26. The quantitative estimate of drug-likeness (QED) is 0.548. The maximum Gasteiger partial charge on any atom is 0.332 e. The number of halogens is 1. The third-order valence-corrected chi connectivity index (χ3v) is 5.33. The van der Waals surface area contributed by atoms with E-state index in [2.05, 4.69) is 9.88 Å². The molecule has 11 heteroatoms. The van der Waals surface area contributed by atoms with Crippen LogP contribution in [0.3, 0.4) is 0 Å². The number of hydrogen-bond donors (Lipinski definition) is 2. The van der Waals surface area contributed by atoms with Crippen LogP contribution in [0.15, 0.2) is 9.59 Å². The Morgan fingerprint density at radius 3 is 2.41 bits per heavy atom. The molecular formula is C16H25ClN6O4. The fourth-order valence-electron chi connectivity index (χ4n) is 3.42. The number of anilines is 1. The standard InChI is InChI=1S/C16H25ClN6O4/c1-19-13-12(14(26)20(2)16(19)27)23(10-11(25)9-17)15(18-13)22-5-3-21(4-6-22)7-8-24/h11,24-25H,3-10H2,1-2H3. The van der Waals surface area contributed by atoms with E-state index in [4.69, 9.17) is 16.7 Å². The number of imidazole rings is 1. The molecule has 1 saturated heterocycles. The highest BCUT2D eigenvalue weighted by atomic mass is 35.5. The molecule has 0 aliphatic carbocycles. The van der Waals surface area contributed by atoms with Gasteiger partial charge in [-0.1, -0.05) is 0 Å². The minimum atomic E-state index is -0.847. The lowest BCUT2D eigenvalue weighted by Crippen LogP contribution is -2.48. The van der Waals surface area contributed by atoms with Crippen LogP contribution >= 0.6 is 11.6 Å². The van der Waals surface area contributed by atoms with Gasteiger partial charge in [-0.05, 0) is 0 Å². The number of piperazine rings is 1. The zero-order chi connectivity index (χ0) is 19.7. The van der Waals surface area contributed by atoms with Crippen LogP contribution < -0.4 is 16.1 Å². The Morgan fingerprint density at radius 2 is 1.81 bits per heavy atom. The van der Waals surface area contributed by atoms with Crippen LogP contribution in [0, 0.1) is 0 Å². The molecular weight excluding hydrogens is 376 g/mol. The van der Waals surface area contributed by atoms with E-state index in [0.717, 1.165) is 17.7 Å². The third-order valence-electron chi connectivity index (χ3n) is 4.97. The normalized spacial score (nSPS) is 17.0. The topological polar surface area (TPSA) is 109 Å². The second-order valence-corrected chi connectivity index (χ2v) is 7.07. The first-order valence-electron chi connectivity index (χ1n) is 8.87. The lowest BCUT2D eigenvalue weighted by atomic mass is 10.3. The fourth-order valence-corrected chi connectivity index (χ4v) is 3.52. The Kier molecular flexibility index (Phi) is 5.89. The first kappa shape index (κ1) is 19.9. The van der Waals surface area contributed by atoms with E-state index in [0.29, 0.717) is 25.6 Å². The predicted octanol–water partition coefficient (Wildman–Crippen LogP) is -1.85. The van der Waals surface area contributed by atoms with Crippen molar-refractivity contribution in [1.29, 1.82) is 0 Å². The van der Waals surface area contributed by atoms with E-state index in [1.54, 1.807) is 11.6 Å². The van der Waals surface area contributed by atoms with Gasteiger partial charge in [0.2, 0.25) is 5.95 Å². The first-order chi connectivity index (χ1) is 12.9. The molecule has 27 heavy (non-hydrogen) atoms. The van der Waals surface area contributed by atoms with Gasteiger partial charge in [0.25, 0.3) is 5.56 Å². The highest BCUT2D eigenvalue weighted by molar-refractivity contribution is 6.18. The molecule has 2 aromatic rings. The molecule has 10 nitrogen and oxygen atoms in total. The summed E-state index contributed by atoms with van der Waals surface area (Å²) in [5, 5.41) is 19.2. The van der Waals surface area contributed by atoms with Crippen molar-refractivity contribution in [3.8, 4) is 0 Å². The van der Waals surface area contributed by atoms with Crippen molar-refractivity contribution in [2.45, 2.75) is 12.6 Å². The first-order valence-corrected chi connectivity index (χ1v) is 9.41. The SMILES string of the molecule is Cn1c(=O)c2c(nc(N3CCN(CCO)CC3)n2CC(O)CCl)n(C)c1=O. The van der Waals surface area contributed by atoms with Crippen molar-refractivity contribution in [1.82, 2.24) is 23.6 Å². The molecule has 2 aromatic heterocycles. The Morgan fingerprint density at radius 1 is 1.15 bits per heavy atom. The summed E-state index contributed by atoms with van der Waals surface area (Å²) in [6, 6.07) is 0. The second kappa shape index (κ2) is 8.01. The minimum absolute atomic E-state index is 0.0233. The number of hydrogen-bond acceptors (Lipinski definition) is 7. The van der Waals surface area contributed by atoms with E-state index >= 15 is 0 Å². The van der Waals surface area contributed by atoms with Crippen LogP contribution in [0.5, 0.6) is 0 Å². The molecule has 1 atom stereocenters. The van der Waals surface area contributed by atoms with Crippen molar-refractivity contribution < 1.29 is 10.2 Å². The molecule has 1 aliphatic heterocycles. The van der Waals surface area contributed by atoms with E-state index in [-0.39, 0.29) is 30.2 Å². The maximum atomic E-state index is 12.7. The van der Waals surface area contributed by atoms with E-state index < -0.39 is 17.4 Å². The zero-order valence-electron chi connectivity index (χ0n) is 15.5. The molecule has 0 radical (unpaired) electrons. The van der Waals surface area contributed by atoms with Crippen LogP contribution in [0.4, 0.5) is 5.95 Å². The summed E-state index contributed by atoms with van der Waals surface area (Å²) in [5.41, 5.74) is -0.337. The number of nitrogens with zero attached hydrogens (tertiary/aromatic N) is 6. The summed E-state index contributed by atoms with van der Waals surface area (Å²) < 4.78 is 4.04. The molecule has 0 spiro atoms. The van der Waals surface area contributed by atoms with Crippen LogP contribution in [0.25, 0.3) is 11.2 Å². The lowest BCUT2D eigenvalue weighted by molar-refractivity contribution is 0.176. The largest absolute Gasteiger partial charge is 0.395 e. The van der Waals surface area contributed by atoms with Gasteiger partial charge in [0, 0.05) is 46.8 Å². The Hall–Kier alpha value is -1.88. The van der Waals surface area contributed by atoms with Gasteiger partial charge in [-0.2, -0.15) is 4.98 Å². The molecule has 3 rings (SSSR count). The summed E-state index contributed by atoms with van der Waals surface area (Å²) in [6.45, 7) is 3.66. The van der Waals surface area contributed by atoms with E-state index in [1.807, 2.05) is 4.90 Å². The van der Waals surface area contributed by atoms with Crippen molar-refractivity contribution in [3.63, 3.8) is 0 Å². The molecule has 0 aromatic carbocycles. The number of rotatable bonds is 6. The molecule has 0 saturated carbocycles. The molecule has 1 aliphatic rings. The average Bonchev–Trinajstić information content (AvgIpc) is 3.04. The van der Waals surface area contributed by atoms with Gasteiger partial charge < -0.3 is 19.7 Å². The number of aromatic nitrogens is 4. The number of β-amino-alcohol motifs (C(OH)–C–C–N with tert-alkyl or cyclic N) is 1. The monoisotopic (exact) mass is 400 g/mol. The van der Waals surface area contributed by atoms with E-state index in [1.165, 1.54) is 11.6 Å². The van der Waals surface area contributed by atoms with Crippen molar-refractivity contribution >= 4 is 28.7 Å².